The molecular weight excluding hydrogens is 322 g/mol. The number of hydrogen-bond acceptors (Lipinski definition) is 5. The Morgan fingerprint density at radius 3 is 2.52 bits per heavy atom. The number of carbonyl (C=O) groups is 2. The lowest BCUT2D eigenvalue weighted by atomic mass is 9.81. The fourth-order valence-corrected chi connectivity index (χ4v) is 6.43. The van der Waals surface area contributed by atoms with Crippen molar-refractivity contribution < 1.29 is 27.9 Å². The summed E-state index contributed by atoms with van der Waals surface area (Å²) in [6.45, 7) is 2.21. The minimum Gasteiger partial charge on any atom is -0.481 e. The van der Waals surface area contributed by atoms with Gasteiger partial charge < -0.3 is 9.84 Å². The second-order valence-electron chi connectivity index (χ2n) is 7.01. The van der Waals surface area contributed by atoms with Gasteiger partial charge in [-0.1, -0.05) is 6.42 Å². The normalized spacial score (nSPS) is 32.5. The van der Waals surface area contributed by atoms with Gasteiger partial charge in [0.1, 0.15) is 0 Å². The van der Waals surface area contributed by atoms with E-state index in [1.807, 2.05) is 0 Å². The van der Waals surface area contributed by atoms with Crippen molar-refractivity contribution in [3.63, 3.8) is 0 Å². The van der Waals surface area contributed by atoms with Crippen LogP contribution in [0, 0.1) is 11.3 Å². The maximum absolute atomic E-state index is 13.0. The van der Waals surface area contributed by atoms with Crippen molar-refractivity contribution in [2.45, 2.75) is 50.2 Å². The van der Waals surface area contributed by atoms with Gasteiger partial charge in [0.25, 0.3) is 0 Å². The molecule has 7 nitrogen and oxygen atoms in total. The van der Waals surface area contributed by atoms with Gasteiger partial charge >= 0.3 is 11.9 Å². The molecular formula is C15H23NO6S. The van der Waals surface area contributed by atoms with Crippen molar-refractivity contribution in [2.75, 3.05) is 19.7 Å². The second kappa shape index (κ2) is 5.44. The number of fused-ring (bicyclic) bond motifs is 1. The maximum atomic E-state index is 13.0. The van der Waals surface area contributed by atoms with E-state index < -0.39 is 32.1 Å². The number of esters is 1. The third-order valence-electron chi connectivity index (χ3n) is 5.73. The van der Waals surface area contributed by atoms with Crippen LogP contribution < -0.4 is 0 Å². The Balaban J connectivity index is 1.79. The van der Waals surface area contributed by atoms with Crippen molar-refractivity contribution in [1.29, 1.82) is 0 Å². The molecule has 0 amide bonds. The summed E-state index contributed by atoms with van der Waals surface area (Å²) in [5.74, 6) is -1.51. The predicted molar refractivity (Wildman–Crippen MR) is 81.1 cm³/mol. The van der Waals surface area contributed by atoms with Crippen LogP contribution in [0.1, 0.15) is 45.4 Å². The summed E-state index contributed by atoms with van der Waals surface area (Å²) in [5.41, 5.74) is -0.937. The topological polar surface area (TPSA) is 101 Å². The van der Waals surface area contributed by atoms with Crippen LogP contribution in [0.4, 0.5) is 0 Å². The molecule has 130 valence electrons. The number of rotatable bonds is 6. The lowest BCUT2D eigenvalue weighted by Gasteiger charge is -2.26. The van der Waals surface area contributed by atoms with E-state index in [0.29, 0.717) is 19.3 Å². The Labute approximate surface area is 136 Å². The summed E-state index contributed by atoms with van der Waals surface area (Å²) in [5, 5.41) is 9.60. The number of carboxylic acid groups (broad SMARTS) is 1. The summed E-state index contributed by atoms with van der Waals surface area (Å²) >= 11 is 0. The molecule has 1 aliphatic heterocycles. The van der Waals surface area contributed by atoms with Crippen molar-refractivity contribution in [3.05, 3.63) is 0 Å². The number of carbonyl (C=O) groups excluding carboxylic acids is 1. The number of nitrogens with zero attached hydrogens (tertiary/aromatic N) is 1. The fraction of sp³-hybridized carbons (Fsp3) is 0.867. The van der Waals surface area contributed by atoms with Gasteiger partial charge in [0.15, 0.2) is 0 Å². The molecule has 1 N–H and O–H groups in total. The SMILES string of the molecule is CCOC(=O)CC1(S(=O)(=O)N2C[C@@H]3CCC[C@@]3(C(=O)O)C2)CC1. The van der Waals surface area contributed by atoms with Crippen LogP contribution in [0.15, 0.2) is 0 Å². The van der Waals surface area contributed by atoms with E-state index in [0.717, 1.165) is 12.8 Å². The third-order valence-corrected chi connectivity index (χ3v) is 8.34. The van der Waals surface area contributed by atoms with Crippen LogP contribution in [0.25, 0.3) is 0 Å². The highest BCUT2D eigenvalue weighted by Gasteiger charge is 2.63. The van der Waals surface area contributed by atoms with Gasteiger partial charge in [-0.2, -0.15) is 4.31 Å². The molecule has 0 spiro atoms. The fourth-order valence-electron chi connectivity index (χ4n) is 4.19. The lowest BCUT2D eigenvalue weighted by molar-refractivity contribution is -0.149. The van der Waals surface area contributed by atoms with E-state index in [2.05, 4.69) is 0 Å². The summed E-state index contributed by atoms with van der Waals surface area (Å²) in [7, 11) is -3.69. The van der Waals surface area contributed by atoms with Crippen molar-refractivity contribution in [1.82, 2.24) is 4.31 Å². The average Bonchev–Trinajstić information content (AvgIpc) is 2.97. The van der Waals surface area contributed by atoms with Crippen LogP contribution in [0.2, 0.25) is 0 Å². The zero-order valence-electron chi connectivity index (χ0n) is 13.3. The van der Waals surface area contributed by atoms with Gasteiger partial charge in [0.05, 0.1) is 23.2 Å². The van der Waals surface area contributed by atoms with Gasteiger partial charge in [-0.05, 0) is 38.5 Å². The first-order valence-electron chi connectivity index (χ1n) is 8.16. The molecule has 1 saturated heterocycles. The van der Waals surface area contributed by atoms with E-state index in [1.165, 1.54) is 4.31 Å². The van der Waals surface area contributed by atoms with Crippen molar-refractivity contribution in [3.8, 4) is 0 Å². The molecule has 0 aromatic carbocycles. The lowest BCUT2D eigenvalue weighted by Crippen LogP contribution is -2.42. The van der Waals surface area contributed by atoms with E-state index >= 15 is 0 Å². The highest BCUT2D eigenvalue weighted by Crippen LogP contribution is 2.54. The highest BCUT2D eigenvalue weighted by molar-refractivity contribution is 7.90. The first-order chi connectivity index (χ1) is 10.8. The van der Waals surface area contributed by atoms with Crippen molar-refractivity contribution in [2.24, 2.45) is 11.3 Å². The van der Waals surface area contributed by atoms with Gasteiger partial charge in [-0.3, -0.25) is 9.59 Å². The van der Waals surface area contributed by atoms with Crippen LogP contribution >= 0.6 is 0 Å². The summed E-state index contributed by atoms with van der Waals surface area (Å²) in [4.78, 5) is 23.4. The van der Waals surface area contributed by atoms with E-state index in [4.69, 9.17) is 4.74 Å². The second-order valence-corrected chi connectivity index (χ2v) is 9.35. The molecule has 3 rings (SSSR count). The summed E-state index contributed by atoms with van der Waals surface area (Å²) < 4.78 is 31.1. The minimum atomic E-state index is -3.69. The smallest absolute Gasteiger partial charge is 0.311 e. The molecule has 2 saturated carbocycles. The molecule has 2 atom stereocenters. The van der Waals surface area contributed by atoms with Crippen LogP contribution in [-0.2, 0) is 24.3 Å². The van der Waals surface area contributed by atoms with Crippen LogP contribution in [-0.4, -0.2) is 54.2 Å². The molecule has 0 aromatic heterocycles. The predicted octanol–water partition coefficient (Wildman–Crippen LogP) is 0.989. The van der Waals surface area contributed by atoms with Crippen LogP contribution in [0.3, 0.4) is 0 Å². The monoisotopic (exact) mass is 345 g/mol. The first-order valence-corrected chi connectivity index (χ1v) is 9.60. The Morgan fingerprint density at radius 1 is 1.30 bits per heavy atom. The third kappa shape index (κ3) is 2.46. The summed E-state index contributed by atoms with van der Waals surface area (Å²) in [6, 6.07) is 0. The Hall–Kier alpha value is -1.15. The molecule has 3 aliphatic rings. The average molecular weight is 345 g/mol. The molecule has 0 aromatic rings. The Kier molecular flexibility index (Phi) is 3.95. The molecule has 23 heavy (non-hydrogen) atoms. The van der Waals surface area contributed by atoms with Gasteiger partial charge in [-0.15, -0.1) is 0 Å². The number of aliphatic carboxylic acids is 1. The molecule has 2 aliphatic carbocycles. The van der Waals surface area contributed by atoms with E-state index in [9.17, 15) is 23.1 Å². The quantitative estimate of drug-likeness (QED) is 0.721. The largest absolute Gasteiger partial charge is 0.481 e. The Bertz CT molecular complexity index is 626. The van der Waals surface area contributed by atoms with E-state index in [1.54, 1.807) is 6.92 Å². The standard InChI is InChI=1S/C15H23NO6S/c1-2-22-12(17)8-14(6-7-14)23(20,21)16-9-11-4-3-5-15(11,10-16)13(18)19/h11H,2-10H2,1H3,(H,18,19)/t11-,15+/m0/s1. The number of carboxylic acids is 1. The van der Waals surface area contributed by atoms with Crippen molar-refractivity contribution >= 4 is 22.0 Å². The minimum absolute atomic E-state index is 0.0416. The molecule has 0 bridgehead atoms. The zero-order chi connectivity index (χ0) is 16.9. The van der Waals surface area contributed by atoms with Gasteiger partial charge in [-0.25, -0.2) is 8.42 Å². The van der Waals surface area contributed by atoms with Crippen LogP contribution in [0.5, 0.6) is 0 Å². The molecule has 3 fully saturated rings. The number of sulfonamides is 1. The Morgan fingerprint density at radius 2 is 2.00 bits per heavy atom. The number of ether oxygens (including phenoxy) is 1. The first kappa shape index (κ1) is 16.7. The van der Waals surface area contributed by atoms with Gasteiger partial charge in [0.2, 0.25) is 10.0 Å². The highest BCUT2D eigenvalue weighted by atomic mass is 32.2. The zero-order valence-corrected chi connectivity index (χ0v) is 14.1. The molecule has 0 unspecified atom stereocenters. The van der Waals surface area contributed by atoms with Gasteiger partial charge in [0, 0.05) is 13.1 Å². The molecule has 0 radical (unpaired) electrons. The number of hydrogen-bond donors (Lipinski definition) is 1. The molecule has 1 heterocycles. The molecule has 8 heteroatoms. The maximum Gasteiger partial charge on any atom is 0.311 e. The van der Waals surface area contributed by atoms with E-state index in [-0.39, 0.29) is 32.0 Å². The summed E-state index contributed by atoms with van der Waals surface area (Å²) in [6.07, 6.45) is 2.86.